The van der Waals surface area contributed by atoms with Gasteiger partial charge in [0.1, 0.15) is 24.6 Å². The fourth-order valence-corrected chi connectivity index (χ4v) is 2.72. The lowest BCUT2D eigenvalue weighted by atomic mass is 10.2. The van der Waals surface area contributed by atoms with Gasteiger partial charge in [-0.1, -0.05) is 6.08 Å². The second kappa shape index (κ2) is 6.53. The highest BCUT2D eigenvalue weighted by Crippen LogP contribution is 2.29. The molecule has 3 atom stereocenters. The highest BCUT2D eigenvalue weighted by Gasteiger charge is 2.45. The van der Waals surface area contributed by atoms with Gasteiger partial charge in [-0.15, -0.1) is 0 Å². The zero-order chi connectivity index (χ0) is 16.4. The van der Waals surface area contributed by atoms with Crippen molar-refractivity contribution in [3.63, 3.8) is 0 Å². The Hall–Kier alpha value is -2.16. The van der Waals surface area contributed by atoms with Crippen molar-refractivity contribution in [2.45, 2.75) is 25.0 Å². The minimum absolute atomic E-state index is 0.00116. The molecule has 2 aliphatic rings. The third kappa shape index (κ3) is 3.00. The third-order valence-corrected chi connectivity index (χ3v) is 3.90. The second-order valence-electron chi connectivity index (χ2n) is 5.31. The van der Waals surface area contributed by atoms with Gasteiger partial charge in [0.25, 0.3) is 5.91 Å². The molecule has 3 rings (SSSR count). The molecule has 2 N–H and O–H groups in total. The smallest absolute Gasteiger partial charge is 0.355 e. The number of aliphatic hydroxyl groups excluding tert-OH is 1. The number of amides is 1. The van der Waals surface area contributed by atoms with Gasteiger partial charge in [0.2, 0.25) is 0 Å². The van der Waals surface area contributed by atoms with Crippen LogP contribution in [-0.4, -0.2) is 65.8 Å². The minimum Gasteiger partial charge on any atom is -0.456 e. The molecule has 1 fully saturated rings. The second-order valence-corrected chi connectivity index (χ2v) is 5.31. The Bertz CT molecular complexity index is 611. The quantitative estimate of drug-likeness (QED) is 0.585. The predicted molar refractivity (Wildman–Crippen MR) is 77.2 cm³/mol. The summed E-state index contributed by atoms with van der Waals surface area (Å²) in [6.45, 7) is 0.301. The van der Waals surface area contributed by atoms with Crippen LogP contribution in [0.5, 0.6) is 0 Å². The van der Waals surface area contributed by atoms with Gasteiger partial charge < -0.3 is 24.3 Å². The van der Waals surface area contributed by atoms with E-state index in [2.05, 4.69) is 4.98 Å². The van der Waals surface area contributed by atoms with Gasteiger partial charge in [-0.05, 0) is 12.1 Å². The Morgan fingerprint density at radius 2 is 2.39 bits per heavy atom. The zero-order valence-electron chi connectivity index (χ0n) is 12.6. The molecule has 23 heavy (non-hydrogen) atoms. The van der Waals surface area contributed by atoms with Crippen LogP contribution in [0.4, 0.5) is 0 Å². The van der Waals surface area contributed by atoms with E-state index in [9.17, 15) is 14.7 Å². The number of aliphatic hydroxyl groups is 1. The van der Waals surface area contributed by atoms with Gasteiger partial charge >= 0.3 is 5.97 Å². The normalized spacial score (nSPS) is 27.4. The fourth-order valence-electron chi connectivity index (χ4n) is 2.72. The van der Waals surface area contributed by atoms with Crippen molar-refractivity contribution in [2.24, 2.45) is 0 Å². The molecule has 124 valence electrons. The van der Waals surface area contributed by atoms with Crippen molar-refractivity contribution in [1.82, 2.24) is 9.88 Å². The lowest BCUT2D eigenvalue weighted by Gasteiger charge is -2.30. The first-order valence-corrected chi connectivity index (χ1v) is 7.26. The van der Waals surface area contributed by atoms with Crippen LogP contribution in [0.2, 0.25) is 0 Å². The van der Waals surface area contributed by atoms with E-state index in [1.165, 1.54) is 12.0 Å². The molecule has 1 amide bonds. The molecule has 0 aromatic carbocycles. The van der Waals surface area contributed by atoms with Crippen molar-refractivity contribution in [3.05, 3.63) is 35.7 Å². The minimum atomic E-state index is -1.10. The van der Waals surface area contributed by atoms with Crippen LogP contribution >= 0.6 is 0 Å². The number of aromatic nitrogens is 1. The van der Waals surface area contributed by atoms with Gasteiger partial charge in [0.05, 0.1) is 6.61 Å². The van der Waals surface area contributed by atoms with Crippen LogP contribution in [0.15, 0.2) is 30.0 Å². The molecule has 1 saturated heterocycles. The van der Waals surface area contributed by atoms with E-state index in [-0.39, 0.29) is 13.0 Å². The first-order valence-electron chi connectivity index (χ1n) is 7.26. The van der Waals surface area contributed by atoms with Crippen LogP contribution in [0.1, 0.15) is 16.9 Å². The molecule has 1 aromatic heterocycles. The summed E-state index contributed by atoms with van der Waals surface area (Å²) in [4.78, 5) is 28.1. The fraction of sp³-hybridized carbons (Fsp3) is 0.467. The maximum Gasteiger partial charge on any atom is 0.355 e. The maximum absolute atomic E-state index is 12.1. The summed E-state index contributed by atoms with van der Waals surface area (Å²) < 4.78 is 16.0. The number of nitrogens with one attached hydrogen (secondary N) is 1. The number of hydrogen-bond donors (Lipinski definition) is 2. The SMILES string of the molecule is CO[C@H]1C[C@H](O)C(=O)N1[C@H]1OCC=C1COC(=O)c1ccc[nH]1. The van der Waals surface area contributed by atoms with E-state index in [1.807, 2.05) is 0 Å². The van der Waals surface area contributed by atoms with Gasteiger partial charge in [-0.25, -0.2) is 4.79 Å². The Morgan fingerprint density at radius 1 is 1.57 bits per heavy atom. The number of nitrogens with zero attached hydrogens (tertiary/aromatic N) is 1. The molecule has 0 spiro atoms. The summed E-state index contributed by atoms with van der Waals surface area (Å²) in [5.74, 6) is -0.942. The molecule has 0 saturated carbocycles. The van der Waals surface area contributed by atoms with Crippen LogP contribution in [-0.2, 0) is 19.0 Å². The summed E-state index contributed by atoms with van der Waals surface area (Å²) in [6.07, 6.45) is 1.21. The molecule has 0 unspecified atom stereocenters. The van der Waals surface area contributed by atoms with Gasteiger partial charge in [0, 0.05) is 25.3 Å². The van der Waals surface area contributed by atoms with Crippen LogP contribution in [0.3, 0.4) is 0 Å². The van der Waals surface area contributed by atoms with Crippen molar-refractivity contribution >= 4 is 11.9 Å². The topological polar surface area (TPSA) is 101 Å². The standard InChI is InChI=1S/C15H18N2O6/c1-21-12-7-11(18)13(19)17(12)14-9(4-6-22-14)8-23-15(20)10-3-2-5-16-10/h2-5,11-12,14,16,18H,6-8H2,1H3/t11-,12-,14-/m0/s1. The van der Waals surface area contributed by atoms with E-state index in [0.29, 0.717) is 17.9 Å². The molecule has 8 heteroatoms. The number of ether oxygens (including phenoxy) is 3. The molecular weight excluding hydrogens is 304 g/mol. The molecule has 1 aromatic rings. The number of H-pyrrole nitrogens is 1. The van der Waals surface area contributed by atoms with Crippen LogP contribution in [0, 0.1) is 0 Å². The van der Waals surface area contributed by atoms with Crippen LogP contribution < -0.4 is 0 Å². The van der Waals surface area contributed by atoms with Gasteiger partial charge in [-0.3, -0.25) is 9.69 Å². The molecule has 2 aliphatic heterocycles. The van der Waals surface area contributed by atoms with Gasteiger partial charge in [0.15, 0.2) is 6.23 Å². The Morgan fingerprint density at radius 3 is 3.09 bits per heavy atom. The van der Waals surface area contributed by atoms with Gasteiger partial charge in [-0.2, -0.15) is 0 Å². The average Bonchev–Trinajstić information content (AvgIpc) is 3.26. The molecule has 0 aliphatic carbocycles. The molecule has 0 radical (unpaired) electrons. The first-order chi connectivity index (χ1) is 11.1. The van der Waals surface area contributed by atoms with E-state index in [1.54, 1.807) is 24.4 Å². The summed E-state index contributed by atoms with van der Waals surface area (Å²) in [5.41, 5.74) is 0.998. The molecule has 3 heterocycles. The first kappa shape index (κ1) is 15.7. The number of esters is 1. The summed E-state index contributed by atoms with van der Waals surface area (Å²) in [7, 11) is 1.46. The number of methoxy groups -OCH3 is 1. The van der Waals surface area contributed by atoms with E-state index in [4.69, 9.17) is 14.2 Å². The Labute approximate surface area is 132 Å². The number of aromatic amines is 1. The highest BCUT2D eigenvalue weighted by atomic mass is 16.5. The average molecular weight is 322 g/mol. The van der Waals surface area contributed by atoms with Crippen molar-refractivity contribution in [3.8, 4) is 0 Å². The summed E-state index contributed by atoms with van der Waals surface area (Å²) >= 11 is 0. The van der Waals surface area contributed by atoms with Crippen LogP contribution in [0.25, 0.3) is 0 Å². The zero-order valence-corrected chi connectivity index (χ0v) is 12.6. The summed E-state index contributed by atoms with van der Waals surface area (Å²) in [6, 6.07) is 3.31. The lowest BCUT2D eigenvalue weighted by Crippen LogP contribution is -2.45. The maximum atomic E-state index is 12.1. The van der Waals surface area contributed by atoms with Crippen molar-refractivity contribution < 1.29 is 28.9 Å². The Balaban J connectivity index is 1.66. The number of rotatable bonds is 5. The number of carbonyl (C=O) groups excluding carboxylic acids is 2. The van der Waals surface area contributed by atoms with E-state index < -0.39 is 30.4 Å². The number of likely N-dealkylation sites (tertiary alicyclic amines) is 1. The predicted octanol–water partition coefficient (Wildman–Crippen LogP) is 0.0199. The highest BCUT2D eigenvalue weighted by molar-refractivity contribution is 5.87. The number of carbonyl (C=O) groups is 2. The largest absolute Gasteiger partial charge is 0.456 e. The molecule has 8 nitrogen and oxygen atoms in total. The number of hydrogen-bond acceptors (Lipinski definition) is 6. The third-order valence-electron chi connectivity index (χ3n) is 3.90. The Kier molecular flexibility index (Phi) is 4.46. The molecule has 0 bridgehead atoms. The monoisotopic (exact) mass is 322 g/mol. The van der Waals surface area contributed by atoms with Crippen molar-refractivity contribution in [2.75, 3.05) is 20.3 Å². The molecular formula is C15H18N2O6. The lowest BCUT2D eigenvalue weighted by molar-refractivity contribution is -0.154. The van der Waals surface area contributed by atoms with E-state index in [0.717, 1.165) is 0 Å². The summed E-state index contributed by atoms with van der Waals surface area (Å²) in [5, 5.41) is 9.72. The van der Waals surface area contributed by atoms with Crippen molar-refractivity contribution in [1.29, 1.82) is 0 Å². The van der Waals surface area contributed by atoms with E-state index >= 15 is 0 Å².